The van der Waals surface area contributed by atoms with Gasteiger partial charge in [-0.25, -0.2) is 0 Å². The molecule has 1 N–H and O–H groups in total. The van der Waals surface area contributed by atoms with Gasteiger partial charge in [-0.05, 0) is 37.5 Å². The zero-order valence-corrected chi connectivity index (χ0v) is 10.1. The monoisotopic (exact) mass is 211 g/mol. The van der Waals surface area contributed by atoms with Crippen LogP contribution in [0.15, 0.2) is 0 Å². The number of nitrogens with one attached hydrogen (secondary N) is 1. The van der Waals surface area contributed by atoms with E-state index in [9.17, 15) is 0 Å². The summed E-state index contributed by atoms with van der Waals surface area (Å²) in [5.41, 5.74) is 0.590. The van der Waals surface area contributed by atoms with Crippen LogP contribution in [0, 0.1) is 5.41 Å². The summed E-state index contributed by atoms with van der Waals surface area (Å²) >= 11 is 0. The van der Waals surface area contributed by atoms with Crippen molar-refractivity contribution in [3.63, 3.8) is 0 Å². The van der Waals surface area contributed by atoms with Crippen LogP contribution >= 0.6 is 0 Å². The minimum atomic E-state index is 0.590. The van der Waals surface area contributed by atoms with Gasteiger partial charge in [-0.15, -0.1) is 0 Å². The van der Waals surface area contributed by atoms with Crippen LogP contribution in [0.3, 0.4) is 0 Å². The number of hydrogen-bond acceptors (Lipinski definition) is 2. The van der Waals surface area contributed by atoms with E-state index in [1.54, 1.807) is 0 Å². The molecule has 2 rings (SSSR count). The van der Waals surface area contributed by atoms with Crippen molar-refractivity contribution >= 4 is 0 Å². The Hall–Kier alpha value is -0.0800. The van der Waals surface area contributed by atoms with Gasteiger partial charge < -0.3 is 10.1 Å². The Morgan fingerprint density at radius 2 is 1.93 bits per heavy atom. The van der Waals surface area contributed by atoms with Crippen LogP contribution in [-0.2, 0) is 4.74 Å². The minimum absolute atomic E-state index is 0.590. The molecule has 0 amide bonds. The third-order valence-electron chi connectivity index (χ3n) is 4.08. The molecule has 2 fully saturated rings. The molecule has 88 valence electrons. The van der Waals surface area contributed by atoms with Gasteiger partial charge in [0.2, 0.25) is 0 Å². The summed E-state index contributed by atoms with van der Waals surface area (Å²) in [5, 5.41) is 3.76. The van der Waals surface area contributed by atoms with E-state index in [0.717, 1.165) is 13.2 Å². The molecule has 1 heterocycles. The highest BCUT2D eigenvalue weighted by Crippen LogP contribution is 2.36. The van der Waals surface area contributed by atoms with E-state index >= 15 is 0 Å². The molecule has 1 atom stereocenters. The smallest absolute Gasteiger partial charge is 0.0480 e. The first-order valence-corrected chi connectivity index (χ1v) is 6.60. The molecule has 1 unspecified atom stereocenters. The predicted molar refractivity (Wildman–Crippen MR) is 63.0 cm³/mol. The van der Waals surface area contributed by atoms with E-state index in [0.29, 0.717) is 11.5 Å². The minimum Gasteiger partial charge on any atom is -0.381 e. The van der Waals surface area contributed by atoms with Gasteiger partial charge in [-0.1, -0.05) is 19.8 Å². The fourth-order valence-corrected chi connectivity index (χ4v) is 2.90. The summed E-state index contributed by atoms with van der Waals surface area (Å²) in [6.07, 6.45) is 9.45. The fourth-order valence-electron chi connectivity index (χ4n) is 2.90. The summed E-state index contributed by atoms with van der Waals surface area (Å²) in [7, 11) is 0. The highest BCUT2D eigenvalue weighted by atomic mass is 16.5. The Bertz CT molecular complexity index is 179. The molecule has 1 aliphatic heterocycles. The van der Waals surface area contributed by atoms with Crippen molar-refractivity contribution in [1.82, 2.24) is 5.32 Å². The van der Waals surface area contributed by atoms with E-state index in [4.69, 9.17) is 4.74 Å². The van der Waals surface area contributed by atoms with Crippen molar-refractivity contribution in [2.75, 3.05) is 19.8 Å². The van der Waals surface area contributed by atoms with Crippen LogP contribution in [0.1, 0.15) is 51.9 Å². The highest BCUT2D eigenvalue weighted by Gasteiger charge is 2.29. The standard InChI is InChI=1S/C13H25NO/c1-13(7-2-3-8-13)11-14-12-5-4-9-15-10-6-12/h12,14H,2-11H2,1H3. The molecule has 0 bridgehead atoms. The summed E-state index contributed by atoms with van der Waals surface area (Å²) in [6, 6.07) is 0.713. The third-order valence-corrected chi connectivity index (χ3v) is 4.08. The molecule has 1 saturated heterocycles. The summed E-state index contributed by atoms with van der Waals surface area (Å²) in [4.78, 5) is 0. The Morgan fingerprint density at radius 3 is 2.73 bits per heavy atom. The molecule has 0 aromatic heterocycles. The molecule has 1 aliphatic carbocycles. The van der Waals surface area contributed by atoms with Crippen molar-refractivity contribution in [1.29, 1.82) is 0 Å². The molecule has 0 aromatic rings. The molecule has 1 saturated carbocycles. The second kappa shape index (κ2) is 5.31. The maximum absolute atomic E-state index is 5.48. The maximum Gasteiger partial charge on any atom is 0.0480 e. The average molecular weight is 211 g/mol. The van der Waals surface area contributed by atoms with Crippen molar-refractivity contribution in [3.8, 4) is 0 Å². The Kier molecular flexibility index (Phi) is 4.04. The summed E-state index contributed by atoms with van der Waals surface area (Å²) in [6.45, 7) is 5.59. The number of hydrogen-bond donors (Lipinski definition) is 1. The van der Waals surface area contributed by atoms with E-state index < -0.39 is 0 Å². The van der Waals surface area contributed by atoms with E-state index in [-0.39, 0.29) is 0 Å². The highest BCUT2D eigenvalue weighted by molar-refractivity contribution is 4.84. The lowest BCUT2D eigenvalue weighted by Gasteiger charge is -2.27. The average Bonchev–Trinajstić information content (AvgIpc) is 2.53. The number of rotatable bonds is 3. The molecule has 0 spiro atoms. The normalized spacial score (nSPS) is 31.4. The Balaban J connectivity index is 1.71. The molecular weight excluding hydrogens is 186 g/mol. The van der Waals surface area contributed by atoms with Crippen molar-refractivity contribution in [2.24, 2.45) is 5.41 Å². The molecular formula is C13H25NO. The van der Waals surface area contributed by atoms with Crippen LogP contribution in [0.4, 0.5) is 0 Å². The molecule has 0 radical (unpaired) electrons. The number of ether oxygens (including phenoxy) is 1. The molecule has 15 heavy (non-hydrogen) atoms. The first-order valence-electron chi connectivity index (χ1n) is 6.60. The lowest BCUT2D eigenvalue weighted by molar-refractivity contribution is 0.142. The summed E-state index contributed by atoms with van der Waals surface area (Å²) in [5.74, 6) is 0. The van der Waals surface area contributed by atoms with Gasteiger partial charge in [0.15, 0.2) is 0 Å². The fraction of sp³-hybridized carbons (Fsp3) is 1.00. The molecule has 2 heteroatoms. The van der Waals surface area contributed by atoms with Gasteiger partial charge in [0.05, 0.1) is 0 Å². The zero-order valence-electron chi connectivity index (χ0n) is 10.1. The Morgan fingerprint density at radius 1 is 1.13 bits per heavy atom. The second-order valence-corrected chi connectivity index (χ2v) is 5.64. The topological polar surface area (TPSA) is 21.3 Å². The summed E-state index contributed by atoms with van der Waals surface area (Å²) < 4.78 is 5.48. The third kappa shape index (κ3) is 3.46. The van der Waals surface area contributed by atoms with Gasteiger partial charge in [-0.3, -0.25) is 0 Å². The van der Waals surface area contributed by atoms with Gasteiger partial charge in [0, 0.05) is 25.8 Å². The lowest BCUT2D eigenvalue weighted by Crippen LogP contribution is -2.37. The van der Waals surface area contributed by atoms with Crippen molar-refractivity contribution < 1.29 is 4.74 Å². The van der Waals surface area contributed by atoms with E-state index in [1.807, 2.05) is 0 Å². The van der Waals surface area contributed by atoms with Crippen molar-refractivity contribution in [2.45, 2.75) is 57.9 Å². The predicted octanol–water partition coefficient (Wildman–Crippen LogP) is 2.73. The van der Waals surface area contributed by atoms with Gasteiger partial charge >= 0.3 is 0 Å². The van der Waals surface area contributed by atoms with E-state index in [2.05, 4.69) is 12.2 Å². The Labute approximate surface area is 93.8 Å². The zero-order chi connectivity index (χ0) is 10.6. The van der Waals surface area contributed by atoms with Gasteiger partial charge in [0.25, 0.3) is 0 Å². The first kappa shape index (κ1) is 11.4. The maximum atomic E-state index is 5.48. The first-order chi connectivity index (χ1) is 7.29. The van der Waals surface area contributed by atoms with Crippen molar-refractivity contribution in [3.05, 3.63) is 0 Å². The van der Waals surface area contributed by atoms with Crippen LogP contribution in [0.2, 0.25) is 0 Å². The SMILES string of the molecule is CC1(CNC2CCCOCC2)CCCC1. The molecule has 0 aromatic carbocycles. The van der Waals surface area contributed by atoms with Crippen LogP contribution < -0.4 is 5.32 Å². The molecule has 2 nitrogen and oxygen atoms in total. The van der Waals surface area contributed by atoms with Crippen LogP contribution in [-0.4, -0.2) is 25.8 Å². The lowest BCUT2D eigenvalue weighted by atomic mass is 9.88. The van der Waals surface area contributed by atoms with Crippen LogP contribution in [0.25, 0.3) is 0 Å². The van der Waals surface area contributed by atoms with E-state index in [1.165, 1.54) is 51.5 Å². The largest absolute Gasteiger partial charge is 0.381 e. The van der Waals surface area contributed by atoms with Crippen LogP contribution in [0.5, 0.6) is 0 Å². The van der Waals surface area contributed by atoms with Gasteiger partial charge in [0.1, 0.15) is 0 Å². The molecule has 2 aliphatic rings. The second-order valence-electron chi connectivity index (χ2n) is 5.64. The van der Waals surface area contributed by atoms with Gasteiger partial charge in [-0.2, -0.15) is 0 Å². The quantitative estimate of drug-likeness (QED) is 0.775.